The minimum atomic E-state index is -4.43. The predicted octanol–water partition coefficient (Wildman–Crippen LogP) is 3.47. The molecule has 0 aliphatic heterocycles. The molecule has 5 heteroatoms. The molecule has 2 rings (SSSR count). The van der Waals surface area contributed by atoms with Gasteiger partial charge in [0.25, 0.3) is 0 Å². The quantitative estimate of drug-likeness (QED) is 0.760. The molecule has 0 aliphatic carbocycles. The van der Waals surface area contributed by atoms with Crippen LogP contribution in [0.1, 0.15) is 11.3 Å². The summed E-state index contributed by atoms with van der Waals surface area (Å²) < 4.78 is 37.5. The highest BCUT2D eigenvalue weighted by molar-refractivity contribution is 5.62. The SMILES string of the molecule is Cc1cccnc1-c1ccnc(C(F)(F)F)c1. The molecule has 0 aliphatic rings. The van der Waals surface area contributed by atoms with E-state index in [4.69, 9.17) is 0 Å². The molecule has 2 heterocycles. The molecule has 2 nitrogen and oxygen atoms in total. The number of rotatable bonds is 1. The molecule has 0 atom stereocenters. The molecular weight excluding hydrogens is 229 g/mol. The first-order valence-electron chi connectivity index (χ1n) is 4.94. The highest BCUT2D eigenvalue weighted by Crippen LogP contribution is 2.30. The zero-order chi connectivity index (χ0) is 12.5. The van der Waals surface area contributed by atoms with Crippen molar-refractivity contribution in [1.29, 1.82) is 0 Å². The summed E-state index contributed by atoms with van der Waals surface area (Å²) in [6.07, 6.45) is -1.74. The van der Waals surface area contributed by atoms with Crippen LogP contribution in [0, 0.1) is 6.92 Å². The lowest BCUT2D eigenvalue weighted by Crippen LogP contribution is -2.07. The van der Waals surface area contributed by atoms with Crippen LogP contribution in [0.15, 0.2) is 36.7 Å². The minimum Gasteiger partial charge on any atom is -0.256 e. The molecule has 2 aromatic rings. The Morgan fingerprint density at radius 3 is 2.47 bits per heavy atom. The Morgan fingerprint density at radius 2 is 1.82 bits per heavy atom. The average Bonchev–Trinajstić information content (AvgIpc) is 2.29. The van der Waals surface area contributed by atoms with Gasteiger partial charge < -0.3 is 0 Å². The molecule has 0 spiro atoms. The molecule has 0 bridgehead atoms. The van der Waals surface area contributed by atoms with Crippen LogP contribution >= 0.6 is 0 Å². The van der Waals surface area contributed by atoms with Crippen molar-refractivity contribution in [3.05, 3.63) is 47.9 Å². The van der Waals surface area contributed by atoms with Crippen molar-refractivity contribution >= 4 is 0 Å². The van der Waals surface area contributed by atoms with Gasteiger partial charge in [-0.1, -0.05) is 6.07 Å². The third kappa shape index (κ3) is 2.43. The zero-order valence-corrected chi connectivity index (χ0v) is 8.99. The Bertz CT molecular complexity index is 535. The van der Waals surface area contributed by atoms with Gasteiger partial charge in [-0.05, 0) is 30.7 Å². The second-order valence-electron chi connectivity index (χ2n) is 3.60. The smallest absolute Gasteiger partial charge is 0.256 e. The maximum atomic E-state index is 12.5. The fraction of sp³-hybridized carbons (Fsp3) is 0.167. The van der Waals surface area contributed by atoms with Crippen LogP contribution < -0.4 is 0 Å². The molecule has 88 valence electrons. The molecule has 0 aromatic carbocycles. The van der Waals surface area contributed by atoms with Crippen LogP contribution in [0.2, 0.25) is 0 Å². The van der Waals surface area contributed by atoms with Crippen molar-refractivity contribution in [2.45, 2.75) is 13.1 Å². The van der Waals surface area contributed by atoms with Crippen LogP contribution in [0.5, 0.6) is 0 Å². The number of nitrogens with zero attached hydrogens (tertiary/aromatic N) is 2. The molecule has 2 aromatic heterocycles. The van der Waals surface area contributed by atoms with Gasteiger partial charge in [-0.2, -0.15) is 13.2 Å². The fourth-order valence-corrected chi connectivity index (χ4v) is 1.52. The lowest BCUT2D eigenvalue weighted by atomic mass is 10.1. The number of alkyl halides is 3. The monoisotopic (exact) mass is 238 g/mol. The largest absolute Gasteiger partial charge is 0.433 e. The molecular formula is C12H9F3N2. The third-order valence-corrected chi connectivity index (χ3v) is 2.33. The second-order valence-corrected chi connectivity index (χ2v) is 3.60. The summed E-state index contributed by atoms with van der Waals surface area (Å²) in [6.45, 7) is 1.80. The van der Waals surface area contributed by atoms with E-state index in [1.807, 2.05) is 0 Å². The number of aromatic nitrogens is 2. The summed E-state index contributed by atoms with van der Waals surface area (Å²) in [5, 5.41) is 0. The van der Waals surface area contributed by atoms with Crippen LogP contribution in [-0.4, -0.2) is 9.97 Å². The van der Waals surface area contributed by atoms with Crippen molar-refractivity contribution in [3.63, 3.8) is 0 Å². The van der Waals surface area contributed by atoms with Crippen molar-refractivity contribution in [3.8, 4) is 11.3 Å². The Morgan fingerprint density at radius 1 is 1.06 bits per heavy atom. The lowest BCUT2D eigenvalue weighted by molar-refractivity contribution is -0.141. The Hall–Kier alpha value is -1.91. The second kappa shape index (κ2) is 4.16. The number of halogens is 3. The maximum Gasteiger partial charge on any atom is 0.433 e. The minimum absolute atomic E-state index is 0.422. The van der Waals surface area contributed by atoms with Crippen molar-refractivity contribution in [2.24, 2.45) is 0 Å². The molecule has 0 N–H and O–H groups in total. The van der Waals surface area contributed by atoms with E-state index in [1.165, 1.54) is 6.07 Å². The third-order valence-electron chi connectivity index (χ3n) is 2.33. The summed E-state index contributed by atoms with van der Waals surface area (Å²) in [5.74, 6) is 0. The number of hydrogen-bond acceptors (Lipinski definition) is 2. The van der Waals surface area contributed by atoms with Gasteiger partial charge in [0, 0.05) is 18.0 Å². The zero-order valence-electron chi connectivity index (χ0n) is 8.99. The van der Waals surface area contributed by atoms with Gasteiger partial charge in [0.15, 0.2) is 0 Å². The topological polar surface area (TPSA) is 25.8 Å². The van der Waals surface area contributed by atoms with Crippen molar-refractivity contribution in [1.82, 2.24) is 9.97 Å². The summed E-state index contributed by atoms with van der Waals surface area (Å²) in [4.78, 5) is 7.39. The maximum absolute atomic E-state index is 12.5. The van der Waals surface area contributed by atoms with Gasteiger partial charge in [-0.3, -0.25) is 9.97 Å². The highest BCUT2D eigenvalue weighted by atomic mass is 19.4. The van der Waals surface area contributed by atoms with Crippen LogP contribution in [-0.2, 0) is 6.18 Å². The van der Waals surface area contributed by atoms with Crippen LogP contribution in [0.25, 0.3) is 11.3 Å². The van der Waals surface area contributed by atoms with Gasteiger partial charge in [0.2, 0.25) is 0 Å². The first-order chi connectivity index (χ1) is 7.98. The summed E-state index contributed by atoms with van der Waals surface area (Å²) in [6, 6.07) is 6.07. The number of pyridine rings is 2. The van der Waals surface area contributed by atoms with E-state index < -0.39 is 11.9 Å². The first kappa shape index (κ1) is 11.6. The summed E-state index contributed by atoms with van der Waals surface area (Å²) in [5.41, 5.74) is 0.887. The first-order valence-corrected chi connectivity index (χ1v) is 4.94. The molecule has 0 saturated heterocycles. The molecule has 0 fully saturated rings. The van der Waals surface area contributed by atoms with E-state index in [-0.39, 0.29) is 0 Å². The van der Waals surface area contributed by atoms with E-state index in [0.29, 0.717) is 11.3 Å². The molecule has 0 unspecified atom stereocenters. The standard InChI is InChI=1S/C12H9F3N2/c1-8-3-2-5-17-11(8)9-4-6-16-10(7-9)12(13,14)15/h2-7H,1H3. The van der Waals surface area contributed by atoms with Crippen LogP contribution in [0.3, 0.4) is 0 Å². The fourth-order valence-electron chi connectivity index (χ4n) is 1.52. The van der Waals surface area contributed by atoms with E-state index in [9.17, 15) is 13.2 Å². The molecule has 17 heavy (non-hydrogen) atoms. The predicted molar refractivity (Wildman–Crippen MR) is 57.2 cm³/mol. The van der Waals surface area contributed by atoms with Crippen molar-refractivity contribution < 1.29 is 13.2 Å². The highest BCUT2D eigenvalue weighted by Gasteiger charge is 2.32. The van der Waals surface area contributed by atoms with Gasteiger partial charge in [-0.25, -0.2) is 0 Å². The van der Waals surface area contributed by atoms with Gasteiger partial charge in [0.1, 0.15) is 5.69 Å². The van der Waals surface area contributed by atoms with Crippen molar-refractivity contribution in [2.75, 3.05) is 0 Å². The van der Waals surface area contributed by atoms with E-state index in [0.717, 1.165) is 17.8 Å². The van der Waals surface area contributed by atoms with E-state index in [1.54, 1.807) is 25.3 Å². The number of aryl methyl sites for hydroxylation is 1. The molecule has 0 amide bonds. The Balaban J connectivity index is 2.51. The Labute approximate surface area is 96.2 Å². The summed E-state index contributed by atoms with van der Waals surface area (Å²) >= 11 is 0. The van der Waals surface area contributed by atoms with Gasteiger partial charge in [0.05, 0.1) is 5.69 Å². The van der Waals surface area contributed by atoms with E-state index >= 15 is 0 Å². The molecule has 0 radical (unpaired) electrons. The number of hydrogen-bond donors (Lipinski definition) is 0. The average molecular weight is 238 g/mol. The van der Waals surface area contributed by atoms with Gasteiger partial charge >= 0.3 is 6.18 Å². The van der Waals surface area contributed by atoms with Crippen LogP contribution in [0.4, 0.5) is 13.2 Å². The lowest BCUT2D eigenvalue weighted by Gasteiger charge is -2.08. The normalized spacial score (nSPS) is 11.5. The van der Waals surface area contributed by atoms with E-state index in [2.05, 4.69) is 9.97 Å². The molecule has 0 saturated carbocycles. The summed E-state index contributed by atoms with van der Waals surface area (Å²) in [7, 11) is 0. The van der Waals surface area contributed by atoms with Gasteiger partial charge in [-0.15, -0.1) is 0 Å². The Kier molecular flexibility index (Phi) is 2.83.